The first-order chi connectivity index (χ1) is 14.7. The van der Waals surface area contributed by atoms with Gasteiger partial charge in [-0.1, -0.05) is 18.0 Å². The lowest BCUT2D eigenvalue weighted by atomic mass is 10.0. The standard InChI is InChI=1S/C23H26N4O3/c1-2-23-24-9-10-27(23)16-20-13-22(30-25-20)8-5-18-3-6-21(7-4-18)29-17-19-14-26(15-19)11-12-28/h3-4,6-7,9-10,13,19,28H,2,11-12,14-17H2,1H3. The minimum atomic E-state index is 0.218. The van der Waals surface area contributed by atoms with Gasteiger partial charge >= 0.3 is 0 Å². The molecule has 0 spiro atoms. The highest BCUT2D eigenvalue weighted by Gasteiger charge is 2.26. The van der Waals surface area contributed by atoms with E-state index in [-0.39, 0.29) is 6.61 Å². The van der Waals surface area contributed by atoms with Gasteiger partial charge < -0.3 is 23.8 Å². The van der Waals surface area contributed by atoms with Crippen LogP contribution >= 0.6 is 0 Å². The molecular weight excluding hydrogens is 380 g/mol. The number of rotatable bonds is 8. The minimum absolute atomic E-state index is 0.218. The summed E-state index contributed by atoms with van der Waals surface area (Å²) in [6, 6.07) is 9.62. The number of imidazole rings is 1. The lowest BCUT2D eigenvalue weighted by Gasteiger charge is -2.38. The Balaban J connectivity index is 1.28. The maximum atomic E-state index is 8.91. The van der Waals surface area contributed by atoms with Crippen LogP contribution in [0.5, 0.6) is 5.75 Å². The Morgan fingerprint density at radius 1 is 1.23 bits per heavy atom. The molecule has 0 saturated carbocycles. The average molecular weight is 406 g/mol. The zero-order valence-corrected chi connectivity index (χ0v) is 17.1. The van der Waals surface area contributed by atoms with Crippen molar-refractivity contribution < 1.29 is 14.4 Å². The number of hydrogen-bond acceptors (Lipinski definition) is 6. The summed E-state index contributed by atoms with van der Waals surface area (Å²) in [5, 5.41) is 13.0. The number of aryl methyl sites for hydroxylation is 1. The Kier molecular flexibility index (Phi) is 6.47. The molecule has 4 rings (SSSR count). The quantitative estimate of drug-likeness (QED) is 0.578. The molecule has 0 bridgehead atoms. The molecule has 0 aliphatic carbocycles. The van der Waals surface area contributed by atoms with E-state index in [0.717, 1.165) is 48.9 Å². The third kappa shape index (κ3) is 5.09. The van der Waals surface area contributed by atoms with Crippen LogP contribution in [0, 0.1) is 17.8 Å². The molecule has 30 heavy (non-hydrogen) atoms. The predicted octanol–water partition coefficient (Wildman–Crippen LogP) is 2.18. The second kappa shape index (κ2) is 9.61. The molecular formula is C23H26N4O3. The molecule has 7 heteroatoms. The Labute approximate surface area is 176 Å². The molecule has 1 aromatic carbocycles. The SMILES string of the molecule is CCc1nccn1Cc1cc(C#Cc2ccc(OCC3CN(CCO)C3)cc2)on1. The van der Waals surface area contributed by atoms with Crippen molar-refractivity contribution in [2.24, 2.45) is 5.92 Å². The molecule has 1 aliphatic heterocycles. The number of aliphatic hydroxyl groups excluding tert-OH is 1. The summed E-state index contributed by atoms with van der Waals surface area (Å²) in [7, 11) is 0. The van der Waals surface area contributed by atoms with Crippen molar-refractivity contribution in [1.82, 2.24) is 19.6 Å². The summed E-state index contributed by atoms with van der Waals surface area (Å²) in [5.41, 5.74) is 1.71. The third-order valence-corrected chi connectivity index (χ3v) is 5.13. The van der Waals surface area contributed by atoms with Crippen molar-refractivity contribution in [1.29, 1.82) is 0 Å². The molecule has 7 nitrogen and oxygen atoms in total. The molecule has 1 aliphatic rings. The highest BCUT2D eigenvalue weighted by atomic mass is 16.5. The highest BCUT2D eigenvalue weighted by Crippen LogP contribution is 2.18. The summed E-state index contributed by atoms with van der Waals surface area (Å²) in [4.78, 5) is 6.54. The maximum Gasteiger partial charge on any atom is 0.210 e. The first-order valence-electron chi connectivity index (χ1n) is 10.3. The first-order valence-corrected chi connectivity index (χ1v) is 10.3. The molecule has 1 N–H and O–H groups in total. The topological polar surface area (TPSA) is 76.5 Å². The van der Waals surface area contributed by atoms with Gasteiger partial charge in [0.05, 0.1) is 19.8 Å². The van der Waals surface area contributed by atoms with Crippen LogP contribution in [0.3, 0.4) is 0 Å². The fraction of sp³-hybridized carbons (Fsp3) is 0.391. The van der Waals surface area contributed by atoms with Crippen molar-refractivity contribution in [3.05, 3.63) is 65.6 Å². The van der Waals surface area contributed by atoms with Gasteiger partial charge in [-0.15, -0.1) is 0 Å². The average Bonchev–Trinajstić information content (AvgIpc) is 3.38. The zero-order valence-electron chi connectivity index (χ0n) is 17.1. The van der Waals surface area contributed by atoms with Crippen LogP contribution in [0.1, 0.15) is 29.8 Å². The van der Waals surface area contributed by atoms with E-state index < -0.39 is 0 Å². The third-order valence-electron chi connectivity index (χ3n) is 5.13. The summed E-state index contributed by atoms with van der Waals surface area (Å²) >= 11 is 0. The number of likely N-dealkylation sites (tertiary alicyclic amines) is 1. The van der Waals surface area contributed by atoms with Gasteiger partial charge in [0.2, 0.25) is 5.76 Å². The van der Waals surface area contributed by atoms with Crippen molar-refractivity contribution in [2.75, 3.05) is 32.8 Å². The van der Waals surface area contributed by atoms with Gasteiger partial charge in [0.1, 0.15) is 17.3 Å². The fourth-order valence-corrected chi connectivity index (χ4v) is 3.51. The fourth-order valence-electron chi connectivity index (χ4n) is 3.51. The van der Waals surface area contributed by atoms with Crippen molar-refractivity contribution >= 4 is 0 Å². The van der Waals surface area contributed by atoms with Gasteiger partial charge in [0.15, 0.2) is 0 Å². The predicted molar refractivity (Wildman–Crippen MR) is 112 cm³/mol. The Morgan fingerprint density at radius 2 is 2.07 bits per heavy atom. The van der Waals surface area contributed by atoms with E-state index in [4.69, 9.17) is 14.4 Å². The monoisotopic (exact) mass is 406 g/mol. The van der Waals surface area contributed by atoms with Crippen LogP contribution in [0.2, 0.25) is 0 Å². The molecule has 2 aromatic heterocycles. The second-order valence-corrected chi connectivity index (χ2v) is 7.44. The molecule has 0 radical (unpaired) electrons. The second-order valence-electron chi connectivity index (χ2n) is 7.44. The summed E-state index contributed by atoms with van der Waals surface area (Å²) < 4.78 is 13.3. The Hall–Kier alpha value is -3.08. The summed E-state index contributed by atoms with van der Waals surface area (Å²) in [6.07, 6.45) is 4.61. The van der Waals surface area contributed by atoms with Crippen LogP contribution in [0.15, 0.2) is 47.2 Å². The molecule has 0 amide bonds. The lowest BCUT2D eigenvalue weighted by Crippen LogP contribution is -2.50. The molecule has 156 valence electrons. The first kappa shape index (κ1) is 20.2. The van der Waals surface area contributed by atoms with E-state index in [1.807, 2.05) is 36.5 Å². The van der Waals surface area contributed by atoms with E-state index in [2.05, 4.69) is 38.4 Å². The summed E-state index contributed by atoms with van der Waals surface area (Å²) in [5.74, 6) is 9.07. The van der Waals surface area contributed by atoms with Crippen molar-refractivity contribution in [3.63, 3.8) is 0 Å². The molecule has 0 unspecified atom stereocenters. The molecule has 3 aromatic rings. The molecule has 1 fully saturated rings. The number of β-amino-alcohol motifs (C(OH)–C–C–N with tert-alkyl or cyclic N) is 1. The number of benzene rings is 1. The van der Waals surface area contributed by atoms with Gasteiger partial charge in [-0.25, -0.2) is 4.98 Å². The van der Waals surface area contributed by atoms with Crippen LogP contribution in [-0.4, -0.2) is 57.6 Å². The number of hydrogen-bond donors (Lipinski definition) is 1. The van der Waals surface area contributed by atoms with E-state index in [0.29, 0.717) is 24.8 Å². The molecule has 1 saturated heterocycles. The number of aliphatic hydroxyl groups is 1. The normalized spacial score (nSPS) is 14.2. The van der Waals surface area contributed by atoms with E-state index in [9.17, 15) is 0 Å². The van der Waals surface area contributed by atoms with Crippen molar-refractivity contribution in [2.45, 2.75) is 19.9 Å². The van der Waals surface area contributed by atoms with Gasteiger partial charge in [0.25, 0.3) is 0 Å². The van der Waals surface area contributed by atoms with Crippen LogP contribution in [0.4, 0.5) is 0 Å². The Morgan fingerprint density at radius 3 is 2.83 bits per heavy atom. The number of nitrogens with zero attached hydrogens (tertiary/aromatic N) is 4. The molecule has 0 atom stereocenters. The smallest absolute Gasteiger partial charge is 0.210 e. The zero-order chi connectivity index (χ0) is 20.8. The van der Waals surface area contributed by atoms with Crippen molar-refractivity contribution in [3.8, 4) is 17.6 Å². The van der Waals surface area contributed by atoms with Crippen LogP contribution < -0.4 is 4.74 Å². The lowest BCUT2D eigenvalue weighted by molar-refractivity contribution is 0.0479. The largest absolute Gasteiger partial charge is 0.493 e. The highest BCUT2D eigenvalue weighted by molar-refractivity contribution is 5.41. The van der Waals surface area contributed by atoms with E-state index >= 15 is 0 Å². The van der Waals surface area contributed by atoms with Crippen LogP contribution in [0.25, 0.3) is 0 Å². The number of ether oxygens (including phenoxy) is 1. The Bertz CT molecular complexity index is 1010. The number of aromatic nitrogens is 3. The summed E-state index contributed by atoms with van der Waals surface area (Å²) in [6.45, 7) is 6.35. The molecule has 3 heterocycles. The van der Waals surface area contributed by atoms with Gasteiger partial charge in [0, 0.05) is 56.0 Å². The van der Waals surface area contributed by atoms with Gasteiger partial charge in [-0.05, 0) is 30.2 Å². The van der Waals surface area contributed by atoms with Crippen LogP contribution in [-0.2, 0) is 13.0 Å². The van der Waals surface area contributed by atoms with E-state index in [1.54, 1.807) is 6.20 Å². The maximum absolute atomic E-state index is 8.91. The van der Waals surface area contributed by atoms with Gasteiger partial charge in [-0.2, -0.15) is 0 Å². The minimum Gasteiger partial charge on any atom is -0.493 e. The van der Waals surface area contributed by atoms with E-state index in [1.165, 1.54) is 0 Å². The van der Waals surface area contributed by atoms with Gasteiger partial charge in [-0.3, -0.25) is 0 Å².